The summed E-state index contributed by atoms with van der Waals surface area (Å²) >= 11 is 5.77. The average Bonchev–Trinajstić information content (AvgIpc) is 2.73. The van der Waals surface area contributed by atoms with Crippen molar-refractivity contribution in [1.82, 2.24) is 4.90 Å². The maximum Gasteiger partial charge on any atom is 0.242 e. The first-order valence-corrected chi connectivity index (χ1v) is 10.4. The molecule has 0 bridgehead atoms. The van der Waals surface area contributed by atoms with Gasteiger partial charge in [-0.2, -0.15) is 0 Å². The number of piperazine rings is 1. The number of benzene rings is 2. The van der Waals surface area contributed by atoms with Gasteiger partial charge in [-0.1, -0.05) is 23.7 Å². The molecule has 1 N–H and O–H groups in total. The zero-order valence-corrected chi connectivity index (χ0v) is 17.5. The Morgan fingerprint density at radius 1 is 1.20 bits per heavy atom. The summed E-state index contributed by atoms with van der Waals surface area (Å²) in [5, 5.41) is 3.30. The van der Waals surface area contributed by atoms with Crippen LogP contribution in [0.5, 0.6) is 0 Å². The molecule has 30 heavy (non-hydrogen) atoms. The van der Waals surface area contributed by atoms with Crippen LogP contribution in [0, 0.1) is 5.82 Å². The highest BCUT2D eigenvalue weighted by atomic mass is 35.5. The number of nitrogens with one attached hydrogen (secondary N) is 1. The zero-order chi connectivity index (χ0) is 21.3. The molecule has 5 nitrogen and oxygen atoms in total. The zero-order valence-electron chi connectivity index (χ0n) is 16.7. The van der Waals surface area contributed by atoms with Gasteiger partial charge in [0.05, 0.1) is 11.6 Å². The van der Waals surface area contributed by atoms with E-state index in [1.807, 2.05) is 36.1 Å². The lowest BCUT2D eigenvalue weighted by Gasteiger charge is -2.41. The largest absolute Gasteiger partial charge is 0.376 e. The molecular formula is C23H23ClFN3O2. The number of ketones is 1. The quantitative estimate of drug-likeness (QED) is 0.807. The fourth-order valence-electron chi connectivity index (χ4n) is 3.97. The van der Waals surface area contributed by atoms with E-state index in [9.17, 15) is 14.0 Å². The van der Waals surface area contributed by atoms with Gasteiger partial charge in [0.25, 0.3) is 0 Å². The standard InChI is InChI=1S/C23H23ClFN3O2/c1-15-14-27(19-5-7-21(24)22(25)12-19)8-9-28(15)23(30)13-26-18-4-2-17-11-20(29)6-3-16(17)10-18/h2-7,10,12,15,26H,8-9,11,13-14H2,1H3/t15-/m1/s1. The van der Waals surface area contributed by atoms with Crippen molar-refractivity contribution in [2.24, 2.45) is 0 Å². The number of nitrogens with zero attached hydrogens (tertiary/aromatic N) is 2. The number of hydrogen-bond acceptors (Lipinski definition) is 4. The van der Waals surface area contributed by atoms with Crippen LogP contribution >= 0.6 is 11.6 Å². The van der Waals surface area contributed by atoms with Gasteiger partial charge in [-0.15, -0.1) is 0 Å². The number of halogens is 2. The molecule has 1 heterocycles. The monoisotopic (exact) mass is 427 g/mol. The maximum atomic E-state index is 13.8. The lowest BCUT2D eigenvalue weighted by atomic mass is 9.96. The van der Waals surface area contributed by atoms with E-state index >= 15 is 0 Å². The Labute approximate surface area is 180 Å². The van der Waals surface area contributed by atoms with Crippen molar-refractivity contribution >= 4 is 40.7 Å². The smallest absolute Gasteiger partial charge is 0.242 e. The second-order valence-electron chi connectivity index (χ2n) is 7.72. The minimum Gasteiger partial charge on any atom is -0.376 e. The third kappa shape index (κ3) is 4.33. The highest BCUT2D eigenvalue weighted by Gasteiger charge is 2.27. The fourth-order valence-corrected chi connectivity index (χ4v) is 4.09. The lowest BCUT2D eigenvalue weighted by Crippen LogP contribution is -2.55. The number of rotatable bonds is 4. The number of carbonyl (C=O) groups is 2. The van der Waals surface area contributed by atoms with E-state index in [0.717, 1.165) is 22.5 Å². The minimum atomic E-state index is -0.436. The number of carbonyl (C=O) groups excluding carboxylic acids is 2. The number of fused-ring (bicyclic) bond motifs is 1. The van der Waals surface area contributed by atoms with Crippen LogP contribution in [-0.2, 0) is 16.0 Å². The molecule has 0 saturated carbocycles. The third-order valence-electron chi connectivity index (χ3n) is 5.62. The second-order valence-corrected chi connectivity index (χ2v) is 8.13. The molecule has 1 amide bonds. The van der Waals surface area contributed by atoms with E-state index in [2.05, 4.69) is 10.2 Å². The summed E-state index contributed by atoms with van der Waals surface area (Å²) in [5.74, 6) is -0.311. The molecule has 2 aliphatic rings. The van der Waals surface area contributed by atoms with Crippen molar-refractivity contribution in [1.29, 1.82) is 0 Å². The number of anilines is 2. The number of allylic oxidation sites excluding steroid dienone is 1. The Morgan fingerprint density at radius 3 is 2.80 bits per heavy atom. The highest BCUT2D eigenvalue weighted by Crippen LogP contribution is 2.25. The van der Waals surface area contributed by atoms with Crippen molar-refractivity contribution in [2.75, 3.05) is 36.4 Å². The Kier molecular flexibility index (Phi) is 5.77. The van der Waals surface area contributed by atoms with Crippen LogP contribution < -0.4 is 10.2 Å². The first-order chi connectivity index (χ1) is 14.4. The molecule has 1 fully saturated rings. The molecule has 1 atom stereocenters. The molecule has 2 aromatic rings. The van der Waals surface area contributed by atoms with E-state index in [0.29, 0.717) is 26.1 Å². The van der Waals surface area contributed by atoms with Crippen LogP contribution in [0.15, 0.2) is 42.5 Å². The van der Waals surface area contributed by atoms with Crippen molar-refractivity contribution in [2.45, 2.75) is 19.4 Å². The van der Waals surface area contributed by atoms with Crippen molar-refractivity contribution < 1.29 is 14.0 Å². The normalized spacial score (nSPS) is 18.4. The Morgan fingerprint density at radius 2 is 2.03 bits per heavy atom. The van der Waals surface area contributed by atoms with E-state index in [-0.39, 0.29) is 29.3 Å². The van der Waals surface area contributed by atoms with Crippen molar-refractivity contribution in [3.8, 4) is 0 Å². The minimum absolute atomic E-state index is 0.00395. The SMILES string of the molecule is C[C@@H]1CN(c2ccc(Cl)c(F)c2)CCN1C(=O)CNc1ccc2c(c1)C=CC(=O)C2. The molecule has 1 aliphatic carbocycles. The predicted octanol–water partition coefficient (Wildman–Crippen LogP) is 3.77. The molecular weight excluding hydrogens is 405 g/mol. The number of amides is 1. The van der Waals surface area contributed by atoms with Gasteiger partial charge in [-0.3, -0.25) is 9.59 Å². The van der Waals surface area contributed by atoms with Gasteiger partial charge in [0.15, 0.2) is 5.78 Å². The Bertz CT molecular complexity index is 1020. The van der Waals surface area contributed by atoms with Crippen molar-refractivity contribution in [3.63, 3.8) is 0 Å². The lowest BCUT2D eigenvalue weighted by molar-refractivity contribution is -0.131. The van der Waals surface area contributed by atoms with Crippen LogP contribution in [0.1, 0.15) is 18.1 Å². The molecule has 2 aromatic carbocycles. The molecule has 0 radical (unpaired) electrons. The molecule has 0 spiro atoms. The van der Waals surface area contributed by atoms with Gasteiger partial charge in [0.1, 0.15) is 5.82 Å². The maximum absolute atomic E-state index is 13.8. The van der Waals surface area contributed by atoms with Crippen molar-refractivity contribution in [3.05, 3.63) is 64.4 Å². The van der Waals surface area contributed by atoms with Gasteiger partial charge < -0.3 is 15.1 Å². The van der Waals surface area contributed by atoms with Crippen LogP contribution in [0.2, 0.25) is 5.02 Å². The molecule has 4 rings (SSSR count). The van der Waals surface area contributed by atoms with Gasteiger partial charge in [-0.25, -0.2) is 4.39 Å². The molecule has 1 aliphatic heterocycles. The van der Waals surface area contributed by atoms with Crippen LogP contribution in [0.25, 0.3) is 6.08 Å². The Balaban J connectivity index is 1.34. The highest BCUT2D eigenvalue weighted by molar-refractivity contribution is 6.30. The first kappa shape index (κ1) is 20.4. The van der Waals surface area contributed by atoms with Crippen LogP contribution in [0.4, 0.5) is 15.8 Å². The summed E-state index contributed by atoms with van der Waals surface area (Å²) in [6, 6.07) is 10.6. The summed E-state index contributed by atoms with van der Waals surface area (Å²) in [4.78, 5) is 28.2. The molecule has 156 valence electrons. The van der Waals surface area contributed by atoms with Gasteiger partial charge >= 0.3 is 0 Å². The first-order valence-electron chi connectivity index (χ1n) is 9.98. The van der Waals surface area contributed by atoms with Gasteiger partial charge in [0.2, 0.25) is 5.91 Å². The Hall–Kier alpha value is -2.86. The third-order valence-corrected chi connectivity index (χ3v) is 5.93. The molecule has 0 unspecified atom stereocenters. The van der Waals surface area contributed by atoms with E-state index < -0.39 is 5.82 Å². The second kappa shape index (κ2) is 8.48. The summed E-state index contributed by atoms with van der Waals surface area (Å²) in [7, 11) is 0. The molecule has 7 heteroatoms. The summed E-state index contributed by atoms with van der Waals surface area (Å²) in [5.41, 5.74) is 3.63. The van der Waals surface area contributed by atoms with E-state index in [1.54, 1.807) is 18.2 Å². The van der Waals surface area contributed by atoms with Gasteiger partial charge in [-0.05, 0) is 54.5 Å². The molecule has 1 saturated heterocycles. The van der Waals surface area contributed by atoms with Crippen LogP contribution in [0.3, 0.4) is 0 Å². The fraction of sp³-hybridized carbons (Fsp3) is 0.304. The predicted molar refractivity (Wildman–Crippen MR) is 117 cm³/mol. The van der Waals surface area contributed by atoms with E-state index in [1.165, 1.54) is 6.07 Å². The topological polar surface area (TPSA) is 52.6 Å². The van der Waals surface area contributed by atoms with Crippen LogP contribution in [-0.4, -0.2) is 48.8 Å². The summed E-state index contributed by atoms with van der Waals surface area (Å²) < 4.78 is 13.8. The van der Waals surface area contributed by atoms with Gasteiger partial charge in [0, 0.05) is 43.5 Å². The summed E-state index contributed by atoms with van der Waals surface area (Å²) in [6.07, 6.45) is 3.82. The average molecular weight is 428 g/mol. The summed E-state index contributed by atoms with van der Waals surface area (Å²) in [6.45, 7) is 4.03. The number of hydrogen-bond donors (Lipinski definition) is 1. The van der Waals surface area contributed by atoms with E-state index in [4.69, 9.17) is 11.6 Å². The molecule has 0 aromatic heterocycles.